The normalized spacial score (nSPS) is 22.9. The quantitative estimate of drug-likeness (QED) is 0.754. The number of hydrogen-bond donors (Lipinski definition) is 1. The van der Waals surface area contributed by atoms with E-state index in [1.165, 1.54) is 10.7 Å². The fourth-order valence-corrected chi connectivity index (χ4v) is 5.79. The number of fused-ring (bicyclic) bond motifs is 1. The van der Waals surface area contributed by atoms with Crippen molar-refractivity contribution in [1.29, 1.82) is 0 Å². The molecule has 0 spiro atoms. The van der Waals surface area contributed by atoms with Crippen LogP contribution in [0.5, 0.6) is 0 Å². The molecule has 1 fully saturated rings. The van der Waals surface area contributed by atoms with Gasteiger partial charge in [0.1, 0.15) is 5.58 Å². The highest BCUT2D eigenvalue weighted by Gasteiger charge is 2.30. The lowest BCUT2D eigenvalue weighted by Gasteiger charge is -2.34. The number of sulfonamides is 1. The van der Waals surface area contributed by atoms with Crippen LogP contribution in [-0.4, -0.2) is 37.8 Å². The maximum atomic E-state index is 12.9. The average molecular weight is 421 g/mol. The highest BCUT2D eigenvalue weighted by Crippen LogP contribution is 2.31. The van der Waals surface area contributed by atoms with Gasteiger partial charge < -0.3 is 9.73 Å². The minimum Gasteiger partial charge on any atom is -0.451 e. The Hall–Kier alpha value is -1.86. The molecule has 0 unspecified atom stereocenters. The van der Waals surface area contributed by atoms with Crippen LogP contribution in [0.4, 0.5) is 0 Å². The zero-order chi connectivity index (χ0) is 21.3. The highest BCUT2D eigenvalue weighted by molar-refractivity contribution is 7.89. The molecule has 1 aliphatic rings. The van der Waals surface area contributed by atoms with Crippen LogP contribution in [0, 0.1) is 18.8 Å². The van der Waals surface area contributed by atoms with Crippen LogP contribution in [0.2, 0.25) is 0 Å². The van der Waals surface area contributed by atoms with Gasteiger partial charge in [0.15, 0.2) is 5.76 Å². The van der Waals surface area contributed by atoms with E-state index in [0.717, 1.165) is 12.8 Å². The smallest absolute Gasteiger partial charge is 0.287 e. The van der Waals surface area contributed by atoms with Crippen LogP contribution >= 0.6 is 0 Å². The molecule has 1 amide bonds. The molecular weight excluding hydrogens is 388 g/mol. The number of carbonyl (C=O) groups is 1. The topological polar surface area (TPSA) is 79.6 Å². The summed E-state index contributed by atoms with van der Waals surface area (Å²) in [7, 11) is -3.57. The third-order valence-electron chi connectivity index (χ3n) is 6.48. The van der Waals surface area contributed by atoms with Crippen LogP contribution in [0.3, 0.4) is 0 Å². The van der Waals surface area contributed by atoms with Crippen LogP contribution in [-0.2, 0) is 10.0 Å². The van der Waals surface area contributed by atoms with Crippen molar-refractivity contribution in [3.8, 4) is 0 Å². The summed E-state index contributed by atoms with van der Waals surface area (Å²) in [5.41, 5.74) is 1.20. The Labute approximate surface area is 173 Å². The van der Waals surface area contributed by atoms with E-state index < -0.39 is 10.0 Å². The first kappa shape index (κ1) is 21.8. The summed E-state index contributed by atoms with van der Waals surface area (Å²) in [5.74, 6) is 1.04. The van der Waals surface area contributed by atoms with Crippen molar-refractivity contribution >= 4 is 26.9 Å². The third kappa shape index (κ3) is 4.08. The number of furan rings is 1. The van der Waals surface area contributed by atoms with Gasteiger partial charge in [-0.2, -0.15) is 4.31 Å². The minimum atomic E-state index is -3.57. The second-order valence-corrected chi connectivity index (χ2v) is 10.1. The molecule has 0 bridgehead atoms. The average Bonchev–Trinajstić information content (AvgIpc) is 3.02. The van der Waals surface area contributed by atoms with Crippen molar-refractivity contribution in [2.24, 2.45) is 11.8 Å². The highest BCUT2D eigenvalue weighted by atomic mass is 32.2. The van der Waals surface area contributed by atoms with E-state index in [0.29, 0.717) is 41.5 Å². The van der Waals surface area contributed by atoms with Crippen molar-refractivity contribution in [1.82, 2.24) is 9.62 Å². The minimum absolute atomic E-state index is 0.137. The van der Waals surface area contributed by atoms with E-state index in [-0.39, 0.29) is 22.6 Å². The number of carbonyl (C=O) groups excluding carboxylic acids is 1. The first-order valence-electron chi connectivity index (χ1n) is 10.5. The molecule has 3 atom stereocenters. The summed E-state index contributed by atoms with van der Waals surface area (Å²) in [6.07, 6.45) is 3.28. The summed E-state index contributed by atoms with van der Waals surface area (Å²) < 4.78 is 32.9. The molecule has 1 aliphatic carbocycles. The molecule has 0 saturated heterocycles. The molecule has 1 aromatic carbocycles. The van der Waals surface area contributed by atoms with Crippen molar-refractivity contribution in [3.63, 3.8) is 0 Å². The fraction of sp³-hybridized carbons (Fsp3) is 0.591. The van der Waals surface area contributed by atoms with Crippen molar-refractivity contribution < 1.29 is 17.6 Å². The lowest BCUT2D eigenvalue weighted by Crippen LogP contribution is -2.43. The van der Waals surface area contributed by atoms with E-state index in [9.17, 15) is 13.2 Å². The van der Waals surface area contributed by atoms with Gasteiger partial charge in [-0.1, -0.05) is 40.5 Å². The number of rotatable bonds is 6. The number of amides is 1. The van der Waals surface area contributed by atoms with Crippen LogP contribution in [0.25, 0.3) is 11.0 Å². The molecule has 0 aliphatic heterocycles. The molecular formula is C22H32N2O4S. The fourth-order valence-electron chi connectivity index (χ4n) is 4.31. The van der Waals surface area contributed by atoms with Crippen LogP contribution in [0.1, 0.15) is 63.1 Å². The van der Waals surface area contributed by atoms with E-state index in [2.05, 4.69) is 19.2 Å². The number of hydrogen-bond acceptors (Lipinski definition) is 4. The monoisotopic (exact) mass is 420 g/mol. The first-order chi connectivity index (χ1) is 13.7. The lowest BCUT2D eigenvalue weighted by molar-refractivity contribution is 0.0864. The number of nitrogens with zero attached hydrogens (tertiary/aromatic N) is 1. The second-order valence-electron chi connectivity index (χ2n) is 8.15. The molecule has 1 saturated carbocycles. The van der Waals surface area contributed by atoms with Gasteiger partial charge in [-0.05, 0) is 43.4 Å². The SMILES string of the molecule is CCN(CC)S(=O)(=O)c1ccc2oc(C(=O)N[C@@H]3CCC[C@H](C)[C@H]3C)c(C)c2c1. The maximum absolute atomic E-state index is 12.9. The molecule has 2 aromatic rings. The van der Waals surface area contributed by atoms with Crippen molar-refractivity contribution in [2.45, 2.75) is 64.8 Å². The largest absolute Gasteiger partial charge is 0.451 e. The molecule has 29 heavy (non-hydrogen) atoms. The second kappa shape index (κ2) is 8.48. The van der Waals surface area contributed by atoms with Gasteiger partial charge in [0, 0.05) is 30.1 Å². The lowest BCUT2D eigenvalue weighted by atomic mass is 9.78. The summed E-state index contributed by atoms with van der Waals surface area (Å²) in [4.78, 5) is 13.1. The Balaban J connectivity index is 1.91. The van der Waals surface area contributed by atoms with E-state index in [4.69, 9.17) is 4.42 Å². The van der Waals surface area contributed by atoms with Crippen molar-refractivity contribution in [2.75, 3.05) is 13.1 Å². The zero-order valence-electron chi connectivity index (χ0n) is 18.0. The molecule has 1 heterocycles. The predicted octanol–water partition coefficient (Wildman–Crippen LogP) is 4.33. The van der Waals surface area contributed by atoms with Gasteiger partial charge in [-0.3, -0.25) is 4.79 Å². The van der Waals surface area contributed by atoms with Gasteiger partial charge in [0.2, 0.25) is 10.0 Å². The zero-order valence-corrected chi connectivity index (χ0v) is 18.8. The standard InChI is InChI=1S/C22H32N2O4S/c1-6-24(7-2)29(26,27)17-11-12-20-18(13-17)16(5)21(28-20)22(25)23-19-10-8-9-14(3)15(19)4/h11-15,19H,6-10H2,1-5H3,(H,23,25)/t14-,15+,19+/m0/s1. The van der Waals surface area contributed by atoms with Gasteiger partial charge in [-0.25, -0.2) is 8.42 Å². The summed E-state index contributed by atoms with van der Waals surface area (Å²) >= 11 is 0. The molecule has 3 rings (SSSR count). The van der Waals surface area contributed by atoms with Crippen LogP contribution in [0.15, 0.2) is 27.5 Å². The van der Waals surface area contributed by atoms with E-state index in [1.807, 2.05) is 20.8 Å². The van der Waals surface area contributed by atoms with Crippen molar-refractivity contribution in [3.05, 3.63) is 29.5 Å². The molecule has 6 nitrogen and oxygen atoms in total. The number of aryl methyl sites for hydroxylation is 1. The molecule has 0 radical (unpaired) electrons. The first-order valence-corrected chi connectivity index (χ1v) is 12.0. The van der Waals surface area contributed by atoms with E-state index in [1.54, 1.807) is 18.2 Å². The Morgan fingerprint density at radius 1 is 1.21 bits per heavy atom. The Bertz CT molecular complexity index is 992. The summed E-state index contributed by atoms with van der Waals surface area (Å²) in [6.45, 7) is 10.7. The maximum Gasteiger partial charge on any atom is 0.287 e. The predicted molar refractivity (Wildman–Crippen MR) is 114 cm³/mol. The Kier molecular flexibility index (Phi) is 6.39. The number of benzene rings is 1. The van der Waals surface area contributed by atoms with Gasteiger partial charge in [-0.15, -0.1) is 0 Å². The molecule has 1 aromatic heterocycles. The molecule has 1 N–H and O–H groups in total. The molecule has 7 heteroatoms. The summed E-state index contributed by atoms with van der Waals surface area (Å²) in [5, 5.41) is 3.80. The Morgan fingerprint density at radius 2 is 1.90 bits per heavy atom. The summed E-state index contributed by atoms with van der Waals surface area (Å²) in [6, 6.07) is 4.94. The molecule has 160 valence electrons. The number of nitrogens with one attached hydrogen (secondary N) is 1. The van der Waals surface area contributed by atoms with Gasteiger partial charge >= 0.3 is 0 Å². The van der Waals surface area contributed by atoms with Gasteiger partial charge in [0.05, 0.1) is 4.90 Å². The third-order valence-corrected chi connectivity index (χ3v) is 8.53. The van der Waals surface area contributed by atoms with Gasteiger partial charge in [0.25, 0.3) is 5.91 Å². The van der Waals surface area contributed by atoms with Crippen LogP contribution < -0.4 is 5.32 Å². The van der Waals surface area contributed by atoms with E-state index >= 15 is 0 Å². The Morgan fingerprint density at radius 3 is 2.55 bits per heavy atom.